The van der Waals surface area contributed by atoms with Crippen LogP contribution in [0.1, 0.15) is 48.0 Å². The van der Waals surface area contributed by atoms with Gasteiger partial charge in [-0.25, -0.2) is 4.79 Å². The van der Waals surface area contributed by atoms with E-state index in [1.807, 2.05) is 30.0 Å². The van der Waals surface area contributed by atoms with E-state index in [0.717, 1.165) is 37.9 Å². The molecular formula is C27H33ClN4O3. The lowest BCUT2D eigenvalue weighted by atomic mass is 9.87. The van der Waals surface area contributed by atoms with E-state index in [0.29, 0.717) is 42.2 Å². The van der Waals surface area contributed by atoms with Crippen LogP contribution >= 0.6 is 11.6 Å². The lowest BCUT2D eigenvalue weighted by molar-refractivity contribution is -0.136. The molecule has 0 aromatic heterocycles. The molecule has 7 nitrogen and oxygen atoms in total. The first-order chi connectivity index (χ1) is 16.9. The fourth-order valence-electron chi connectivity index (χ4n) is 4.94. The first-order valence-electron chi connectivity index (χ1n) is 12.4. The van der Waals surface area contributed by atoms with Gasteiger partial charge in [-0.3, -0.25) is 9.59 Å². The van der Waals surface area contributed by atoms with Gasteiger partial charge in [-0.1, -0.05) is 35.9 Å². The normalized spacial score (nSPS) is 17.5. The molecule has 4 amide bonds. The zero-order valence-electron chi connectivity index (χ0n) is 20.1. The maximum absolute atomic E-state index is 13.5. The number of amides is 4. The minimum Gasteiger partial charge on any atom is -0.341 e. The van der Waals surface area contributed by atoms with Gasteiger partial charge in [-0.15, -0.1) is 0 Å². The van der Waals surface area contributed by atoms with E-state index in [9.17, 15) is 14.4 Å². The smallest absolute Gasteiger partial charge is 0.321 e. The summed E-state index contributed by atoms with van der Waals surface area (Å²) >= 11 is 6.02. The third-order valence-electron chi connectivity index (χ3n) is 6.98. The maximum Gasteiger partial charge on any atom is 0.321 e. The number of aryl methyl sites for hydroxylation is 1. The van der Waals surface area contributed by atoms with Crippen molar-refractivity contribution in [2.24, 2.45) is 5.92 Å². The number of hydrogen-bond acceptors (Lipinski definition) is 3. The second-order valence-electron chi connectivity index (χ2n) is 9.42. The molecule has 186 valence electrons. The van der Waals surface area contributed by atoms with Crippen LogP contribution in [-0.4, -0.2) is 59.9 Å². The Bertz CT molecular complexity index is 1060. The number of anilines is 1. The summed E-state index contributed by atoms with van der Waals surface area (Å²) in [7, 11) is 0. The largest absolute Gasteiger partial charge is 0.341 e. The van der Waals surface area contributed by atoms with E-state index >= 15 is 0 Å². The molecule has 0 saturated carbocycles. The molecule has 2 heterocycles. The van der Waals surface area contributed by atoms with Gasteiger partial charge in [0, 0.05) is 42.5 Å². The number of nitrogens with one attached hydrogen (secondary N) is 2. The number of piperidine rings is 2. The molecule has 2 aromatic carbocycles. The third-order valence-corrected chi connectivity index (χ3v) is 7.22. The van der Waals surface area contributed by atoms with E-state index in [2.05, 4.69) is 10.6 Å². The number of rotatable bonds is 5. The highest BCUT2D eigenvalue weighted by Crippen LogP contribution is 2.25. The van der Waals surface area contributed by atoms with Crippen molar-refractivity contribution in [2.75, 3.05) is 31.5 Å². The van der Waals surface area contributed by atoms with Gasteiger partial charge in [-0.05, 0) is 74.8 Å². The van der Waals surface area contributed by atoms with E-state index in [1.54, 1.807) is 35.2 Å². The molecule has 2 fully saturated rings. The van der Waals surface area contributed by atoms with Crippen molar-refractivity contribution in [3.05, 3.63) is 64.7 Å². The SMILES string of the molecule is Cc1ccccc1C(=O)NC(C(=O)N1CCCCC1)C1CCN(C(=O)Nc2cccc(Cl)c2)CC1. The van der Waals surface area contributed by atoms with E-state index in [-0.39, 0.29) is 23.8 Å². The minimum absolute atomic E-state index is 0.00605. The van der Waals surface area contributed by atoms with Gasteiger partial charge in [0.05, 0.1) is 0 Å². The number of likely N-dealkylation sites (tertiary alicyclic amines) is 2. The van der Waals surface area contributed by atoms with Crippen LogP contribution in [0.25, 0.3) is 0 Å². The first kappa shape index (κ1) is 25.0. The van der Waals surface area contributed by atoms with Gasteiger partial charge in [0.2, 0.25) is 5.91 Å². The number of benzene rings is 2. The van der Waals surface area contributed by atoms with Crippen molar-refractivity contribution in [3.63, 3.8) is 0 Å². The summed E-state index contributed by atoms with van der Waals surface area (Å²) in [5, 5.41) is 6.52. The Labute approximate surface area is 211 Å². The quantitative estimate of drug-likeness (QED) is 0.629. The number of urea groups is 1. The first-order valence-corrected chi connectivity index (χ1v) is 12.8. The van der Waals surface area contributed by atoms with Gasteiger partial charge in [0.1, 0.15) is 6.04 Å². The molecule has 2 saturated heterocycles. The van der Waals surface area contributed by atoms with E-state index in [1.165, 1.54) is 0 Å². The second kappa shape index (κ2) is 11.6. The Morgan fingerprint density at radius 1 is 0.914 bits per heavy atom. The van der Waals surface area contributed by atoms with Crippen molar-refractivity contribution in [1.82, 2.24) is 15.1 Å². The van der Waals surface area contributed by atoms with Crippen LogP contribution in [0.5, 0.6) is 0 Å². The molecule has 0 aliphatic carbocycles. The summed E-state index contributed by atoms with van der Waals surface area (Å²) in [5.74, 6) is -0.263. The molecule has 4 rings (SSSR count). The lowest BCUT2D eigenvalue weighted by Crippen LogP contribution is -2.55. The predicted molar refractivity (Wildman–Crippen MR) is 138 cm³/mol. The van der Waals surface area contributed by atoms with Crippen molar-refractivity contribution in [1.29, 1.82) is 0 Å². The van der Waals surface area contributed by atoms with Crippen molar-refractivity contribution in [2.45, 2.75) is 45.1 Å². The van der Waals surface area contributed by atoms with Crippen LogP contribution in [0, 0.1) is 12.8 Å². The van der Waals surface area contributed by atoms with Crippen LogP contribution in [0.4, 0.5) is 10.5 Å². The summed E-state index contributed by atoms with van der Waals surface area (Å²) in [6, 6.07) is 13.7. The summed E-state index contributed by atoms with van der Waals surface area (Å²) in [6.07, 6.45) is 4.39. The van der Waals surface area contributed by atoms with Gasteiger partial charge in [-0.2, -0.15) is 0 Å². The fraction of sp³-hybridized carbons (Fsp3) is 0.444. The number of carbonyl (C=O) groups excluding carboxylic acids is 3. The maximum atomic E-state index is 13.5. The highest BCUT2D eigenvalue weighted by molar-refractivity contribution is 6.30. The van der Waals surface area contributed by atoms with Crippen molar-refractivity contribution >= 4 is 35.1 Å². The monoisotopic (exact) mass is 496 g/mol. The molecule has 8 heteroatoms. The molecule has 1 unspecified atom stereocenters. The third kappa shape index (κ3) is 6.34. The molecule has 1 atom stereocenters. The molecule has 0 spiro atoms. The number of nitrogens with zero attached hydrogens (tertiary/aromatic N) is 2. The standard InChI is InChI=1S/C27H33ClN4O3/c1-19-8-3-4-11-23(19)25(33)30-24(26(34)31-14-5-2-6-15-31)20-12-16-32(17-13-20)27(35)29-22-10-7-9-21(28)18-22/h3-4,7-11,18,20,24H,2,5-6,12-17H2,1H3,(H,29,35)(H,30,33). The van der Waals surface area contributed by atoms with Crippen LogP contribution < -0.4 is 10.6 Å². The van der Waals surface area contributed by atoms with E-state index < -0.39 is 6.04 Å². The van der Waals surface area contributed by atoms with Crippen LogP contribution in [0.15, 0.2) is 48.5 Å². The van der Waals surface area contributed by atoms with Gasteiger partial charge < -0.3 is 20.4 Å². The minimum atomic E-state index is -0.599. The lowest BCUT2D eigenvalue weighted by Gasteiger charge is -2.38. The average Bonchev–Trinajstić information content (AvgIpc) is 2.87. The molecule has 2 aromatic rings. The van der Waals surface area contributed by atoms with Gasteiger partial charge in [0.25, 0.3) is 5.91 Å². The Morgan fingerprint density at radius 3 is 2.31 bits per heavy atom. The van der Waals surface area contributed by atoms with Crippen LogP contribution in [-0.2, 0) is 4.79 Å². The highest BCUT2D eigenvalue weighted by atomic mass is 35.5. The molecule has 0 bridgehead atoms. The predicted octanol–water partition coefficient (Wildman–Crippen LogP) is 4.70. The van der Waals surface area contributed by atoms with Crippen LogP contribution in [0.2, 0.25) is 5.02 Å². The van der Waals surface area contributed by atoms with Gasteiger partial charge in [0.15, 0.2) is 0 Å². The number of halogens is 1. The highest BCUT2D eigenvalue weighted by Gasteiger charge is 2.36. The summed E-state index contributed by atoms with van der Waals surface area (Å²) < 4.78 is 0. The summed E-state index contributed by atoms with van der Waals surface area (Å²) in [4.78, 5) is 43.1. The second-order valence-corrected chi connectivity index (χ2v) is 9.85. The molecule has 35 heavy (non-hydrogen) atoms. The van der Waals surface area contributed by atoms with Gasteiger partial charge >= 0.3 is 6.03 Å². The van der Waals surface area contributed by atoms with Crippen molar-refractivity contribution < 1.29 is 14.4 Å². The van der Waals surface area contributed by atoms with Crippen LogP contribution in [0.3, 0.4) is 0 Å². The number of hydrogen-bond donors (Lipinski definition) is 2. The zero-order chi connectivity index (χ0) is 24.8. The summed E-state index contributed by atoms with van der Waals surface area (Å²) in [5.41, 5.74) is 2.11. The Morgan fingerprint density at radius 2 is 1.63 bits per heavy atom. The molecule has 2 aliphatic rings. The molecule has 2 aliphatic heterocycles. The zero-order valence-corrected chi connectivity index (χ0v) is 20.9. The fourth-order valence-corrected chi connectivity index (χ4v) is 5.13. The topological polar surface area (TPSA) is 81.8 Å². The summed E-state index contributed by atoms with van der Waals surface area (Å²) in [6.45, 7) is 4.39. The molecular weight excluding hydrogens is 464 g/mol. The Balaban J connectivity index is 1.43. The average molecular weight is 497 g/mol. The van der Waals surface area contributed by atoms with Crippen molar-refractivity contribution in [3.8, 4) is 0 Å². The number of carbonyl (C=O) groups is 3. The molecule has 0 radical (unpaired) electrons. The van der Waals surface area contributed by atoms with E-state index in [4.69, 9.17) is 11.6 Å². The Kier molecular flexibility index (Phi) is 8.29. The Hall–Kier alpha value is -3.06. The molecule has 2 N–H and O–H groups in total.